The smallest absolute Gasteiger partial charge is 0.159 e. The minimum atomic E-state index is -0.137. The zero-order valence-electron chi connectivity index (χ0n) is 11.4. The fraction of sp³-hybridized carbons (Fsp3) is 0.571. The van der Waals surface area contributed by atoms with E-state index in [0.29, 0.717) is 13.2 Å². The number of para-hydroxylation sites is 2. The molecule has 0 aromatic heterocycles. The first-order chi connectivity index (χ1) is 8.81. The van der Waals surface area contributed by atoms with Crippen LogP contribution < -0.4 is 10.1 Å². The Balaban J connectivity index is 2.39. The summed E-state index contributed by atoms with van der Waals surface area (Å²) in [5, 5.41) is 3.33. The normalized spacial score (nSPS) is 10.7. The van der Waals surface area contributed by atoms with Gasteiger partial charge in [-0.25, -0.2) is 0 Å². The van der Waals surface area contributed by atoms with Gasteiger partial charge < -0.3 is 19.5 Å². The Labute approximate surface area is 109 Å². The molecule has 0 spiro atoms. The van der Waals surface area contributed by atoms with E-state index < -0.39 is 0 Å². The molecule has 0 bridgehead atoms. The molecule has 0 fully saturated rings. The average Bonchev–Trinajstić information content (AvgIpc) is 2.40. The minimum Gasteiger partial charge on any atom is -0.495 e. The molecule has 0 saturated carbocycles. The van der Waals surface area contributed by atoms with Crippen LogP contribution in [0, 0.1) is 0 Å². The number of hydrogen-bond donors (Lipinski definition) is 1. The Morgan fingerprint density at radius 1 is 1.11 bits per heavy atom. The highest BCUT2D eigenvalue weighted by Crippen LogP contribution is 2.22. The van der Waals surface area contributed by atoms with Gasteiger partial charge in [0.05, 0.1) is 12.8 Å². The molecule has 0 radical (unpaired) electrons. The third kappa shape index (κ3) is 4.94. The SMILES string of the molecule is CCOC(CCNc1ccccc1OC)OCC. The maximum atomic E-state index is 5.48. The van der Waals surface area contributed by atoms with Gasteiger partial charge in [0.2, 0.25) is 0 Å². The maximum Gasteiger partial charge on any atom is 0.159 e. The van der Waals surface area contributed by atoms with Gasteiger partial charge >= 0.3 is 0 Å². The number of methoxy groups -OCH3 is 1. The summed E-state index contributed by atoms with van der Waals surface area (Å²) in [7, 11) is 1.67. The molecule has 0 amide bonds. The van der Waals surface area contributed by atoms with E-state index in [0.717, 1.165) is 24.4 Å². The third-order valence-corrected chi connectivity index (χ3v) is 2.51. The van der Waals surface area contributed by atoms with Gasteiger partial charge in [-0.1, -0.05) is 12.1 Å². The number of hydrogen-bond acceptors (Lipinski definition) is 4. The molecule has 0 aliphatic carbocycles. The lowest BCUT2D eigenvalue weighted by Crippen LogP contribution is -2.21. The van der Waals surface area contributed by atoms with Gasteiger partial charge in [0.25, 0.3) is 0 Å². The third-order valence-electron chi connectivity index (χ3n) is 2.51. The van der Waals surface area contributed by atoms with Crippen molar-refractivity contribution < 1.29 is 14.2 Å². The molecule has 0 saturated heterocycles. The lowest BCUT2D eigenvalue weighted by atomic mass is 10.3. The minimum absolute atomic E-state index is 0.137. The summed E-state index contributed by atoms with van der Waals surface area (Å²) in [6.45, 7) is 6.06. The van der Waals surface area contributed by atoms with E-state index in [1.54, 1.807) is 7.11 Å². The van der Waals surface area contributed by atoms with E-state index in [1.165, 1.54) is 0 Å². The summed E-state index contributed by atoms with van der Waals surface area (Å²) >= 11 is 0. The molecular weight excluding hydrogens is 230 g/mol. The summed E-state index contributed by atoms with van der Waals surface area (Å²) in [5.41, 5.74) is 0.992. The fourth-order valence-corrected chi connectivity index (χ4v) is 1.70. The number of benzene rings is 1. The monoisotopic (exact) mass is 253 g/mol. The molecule has 4 nitrogen and oxygen atoms in total. The highest BCUT2D eigenvalue weighted by molar-refractivity contribution is 5.55. The fourth-order valence-electron chi connectivity index (χ4n) is 1.70. The van der Waals surface area contributed by atoms with Gasteiger partial charge in [-0.2, -0.15) is 0 Å². The summed E-state index contributed by atoms with van der Waals surface area (Å²) in [5.74, 6) is 0.849. The Morgan fingerprint density at radius 2 is 1.78 bits per heavy atom. The second-order valence-corrected chi connectivity index (χ2v) is 3.76. The van der Waals surface area contributed by atoms with Crippen LogP contribution in [0.4, 0.5) is 5.69 Å². The number of nitrogens with one attached hydrogen (secondary N) is 1. The van der Waals surface area contributed by atoms with E-state index in [4.69, 9.17) is 14.2 Å². The van der Waals surface area contributed by atoms with E-state index in [-0.39, 0.29) is 6.29 Å². The highest BCUT2D eigenvalue weighted by atomic mass is 16.7. The van der Waals surface area contributed by atoms with Gasteiger partial charge in [0, 0.05) is 26.2 Å². The molecule has 1 N–H and O–H groups in total. The first-order valence-corrected chi connectivity index (χ1v) is 6.41. The van der Waals surface area contributed by atoms with Crippen LogP contribution in [0.15, 0.2) is 24.3 Å². The van der Waals surface area contributed by atoms with E-state index in [9.17, 15) is 0 Å². The predicted octanol–water partition coefficient (Wildman–Crippen LogP) is 2.90. The molecule has 1 aromatic rings. The Hall–Kier alpha value is -1.26. The second-order valence-electron chi connectivity index (χ2n) is 3.76. The van der Waals surface area contributed by atoms with E-state index in [1.807, 2.05) is 38.1 Å². The standard InChI is InChI=1S/C14H23NO3/c1-4-17-14(18-5-2)10-11-15-12-8-6-7-9-13(12)16-3/h6-9,14-15H,4-5,10-11H2,1-3H3. The topological polar surface area (TPSA) is 39.7 Å². The quantitative estimate of drug-likeness (QED) is 0.687. The molecule has 0 unspecified atom stereocenters. The lowest BCUT2D eigenvalue weighted by Gasteiger charge is -2.18. The molecular formula is C14H23NO3. The van der Waals surface area contributed by atoms with Crippen LogP contribution in [0.25, 0.3) is 0 Å². The summed E-state index contributed by atoms with van der Waals surface area (Å²) in [6, 6.07) is 7.86. The average molecular weight is 253 g/mol. The number of ether oxygens (including phenoxy) is 3. The van der Waals surface area contributed by atoms with Crippen molar-refractivity contribution in [3.63, 3.8) is 0 Å². The van der Waals surface area contributed by atoms with Crippen molar-refractivity contribution in [2.45, 2.75) is 26.6 Å². The van der Waals surface area contributed by atoms with E-state index in [2.05, 4.69) is 5.32 Å². The Morgan fingerprint density at radius 3 is 2.39 bits per heavy atom. The van der Waals surface area contributed by atoms with Crippen LogP contribution >= 0.6 is 0 Å². The molecule has 1 aromatic carbocycles. The zero-order valence-corrected chi connectivity index (χ0v) is 11.4. The van der Waals surface area contributed by atoms with Gasteiger partial charge in [-0.15, -0.1) is 0 Å². The molecule has 0 atom stereocenters. The molecule has 18 heavy (non-hydrogen) atoms. The largest absolute Gasteiger partial charge is 0.495 e. The van der Waals surface area contributed by atoms with Crippen molar-refractivity contribution in [2.75, 3.05) is 32.2 Å². The zero-order chi connectivity index (χ0) is 13.2. The van der Waals surface area contributed by atoms with Gasteiger partial charge in [0.15, 0.2) is 6.29 Å². The Kier molecular flexibility index (Phi) is 7.22. The molecule has 0 aliphatic rings. The van der Waals surface area contributed by atoms with Crippen molar-refractivity contribution in [1.29, 1.82) is 0 Å². The van der Waals surface area contributed by atoms with Crippen molar-refractivity contribution in [2.24, 2.45) is 0 Å². The van der Waals surface area contributed by atoms with Crippen LogP contribution in [0.2, 0.25) is 0 Å². The summed E-state index contributed by atoms with van der Waals surface area (Å²) in [4.78, 5) is 0. The van der Waals surface area contributed by atoms with Crippen LogP contribution in [-0.2, 0) is 9.47 Å². The first kappa shape index (κ1) is 14.8. The van der Waals surface area contributed by atoms with Crippen molar-refractivity contribution in [3.8, 4) is 5.75 Å². The molecule has 1 rings (SSSR count). The number of rotatable bonds is 9. The Bertz CT molecular complexity index is 325. The van der Waals surface area contributed by atoms with Gasteiger partial charge in [-0.3, -0.25) is 0 Å². The van der Waals surface area contributed by atoms with Gasteiger partial charge in [0.1, 0.15) is 5.75 Å². The summed E-state index contributed by atoms with van der Waals surface area (Å²) < 4.78 is 16.2. The van der Waals surface area contributed by atoms with Crippen molar-refractivity contribution in [1.82, 2.24) is 0 Å². The molecule has 0 heterocycles. The first-order valence-electron chi connectivity index (χ1n) is 6.41. The summed E-state index contributed by atoms with van der Waals surface area (Å²) in [6.07, 6.45) is 0.668. The van der Waals surface area contributed by atoms with Gasteiger partial charge in [-0.05, 0) is 26.0 Å². The van der Waals surface area contributed by atoms with Crippen LogP contribution in [0.5, 0.6) is 5.75 Å². The maximum absolute atomic E-state index is 5.48. The molecule has 0 aliphatic heterocycles. The lowest BCUT2D eigenvalue weighted by molar-refractivity contribution is -0.137. The predicted molar refractivity (Wildman–Crippen MR) is 73.1 cm³/mol. The van der Waals surface area contributed by atoms with Crippen molar-refractivity contribution >= 4 is 5.69 Å². The van der Waals surface area contributed by atoms with E-state index >= 15 is 0 Å². The number of anilines is 1. The van der Waals surface area contributed by atoms with Crippen LogP contribution in [0.1, 0.15) is 20.3 Å². The highest BCUT2D eigenvalue weighted by Gasteiger charge is 2.08. The van der Waals surface area contributed by atoms with Crippen LogP contribution in [0.3, 0.4) is 0 Å². The second kappa shape index (κ2) is 8.78. The van der Waals surface area contributed by atoms with Crippen molar-refractivity contribution in [3.05, 3.63) is 24.3 Å². The molecule has 102 valence electrons. The van der Waals surface area contributed by atoms with Crippen LogP contribution in [-0.4, -0.2) is 33.2 Å². The molecule has 4 heteroatoms.